The van der Waals surface area contributed by atoms with E-state index < -0.39 is 17.6 Å². The number of carbonyl (C=O) groups excluding carboxylic acids is 1. The number of benzene rings is 1. The van der Waals surface area contributed by atoms with Crippen molar-refractivity contribution in [3.8, 4) is 0 Å². The maximum absolute atomic E-state index is 12.6. The van der Waals surface area contributed by atoms with Crippen LogP contribution in [0.1, 0.15) is 21.6 Å². The van der Waals surface area contributed by atoms with Gasteiger partial charge in [0.2, 0.25) is 0 Å². The fraction of sp³-hybridized carbons (Fsp3) is 0.143. The molecule has 0 bridgehead atoms. The zero-order chi connectivity index (χ0) is 15.5. The van der Waals surface area contributed by atoms with Gasteiger partial charge >= 0.3 is 6.18 Å². The number of carbonyl (C=O) groups is 1. The van der Waals surface area contributed by atoms with E-state index in [1.54, 1.807) is 6.07 Å². The molecule has 0 aliphatic carbocycles. The fourth-order valence-corrected chi connectivity index (χ4v) is 1.65. The van der Waals surface area contributed by atoms with Gasteiger partial charge in [-0.15, -0.1) is 0 Å². The second kappa shape index (κ2) is 5.92. The van der Waals surface area contributed by atoms with Gasteiger partial charge in [-0.3, -0.25) is 9.78 Å². The lowest BCUT2D eigenvalue weighted by molar-refractivity contribution is -0.137. The Labute approximate surface area is 118 Å². The van der Waals surface area contributed by atoms with E-state index in [2.05, 4.69) is 10.3 Å². The van der Waals surface area contributed by atoms with Crippen LogP contribution in [-0.2, 0) is 12.7 Å². The number of hydrogen-bond acceptors (Lipinski definition) is 3. The third-order valence-corrected chi connectivity index (χ3v) is 2.74. The second-order valence-electron chi connectivity index (χ2n) is 4.29. The number of rotatable bonds is 3. The molecule has 7 heteroatoms. The fourth-order valence-electron chi connectivity index (χ4n) is 1.65. The minimum atomic E-state index is -4.46. The zero-order valence-corrected chi connectivity index (χ0v) is 10.8. The van der Waals surface area contributed by atoms with Crippen LogP contribution in [0, 0.1) is 0 Å². The first-order chi connectivity index (χ1) is 9.90. The van der Waals surface area contributed by atoms with E-state index in [0.29, 0.717) is 6.54 Å². The van der Waals surface area contributed by atoms with E-state index in [4.69, 9.17) is 5.73 Å². The van der Waals surface area contributed by atoms with Crippen molar-refractivity contribution in [2.24, 2.45) is 5.73 Å². The lowest BCUT2D eigenvalue weighted by atomic mass is 10.2. The van der Waals surface area contributed by atoms with Crippen molar-refractivity contribution in [2.45, 2.75) is 12.7 Å². The molecule has 1 amide bonds. The normalized spacial score (nSPS) is 11.2. The van der Waals surface area contributed by atoms with Crippen molar-refractivity contribution in [3.05, 3.63) is 59.4 Å². The van der Waals surface area contributed by atoms with Crippen molar-refractivity contribution < 1.29 is 18.0 Å². The highest BCUT2D eigenvalue weighted by atomic mass is 19.4. The Morgan fingerprint density at radius 1 is 1.24 bits per heavy atom. The Morgan fingerprint density at radius 2 is 2.00 bits per heavy atom. The van der Waals surface area contributed by atoms with Gasteiger partial charge in [0.25, 0.3) is 5.91 Å². The largest absolute Gasteiger partial charge is 0.416 e. The summed E-state index contributed by atoms with van der Waals surface area (Å²) in [5.41, 5.74) is 5.49. The Balaban J connectivity index is 2.15. The van der Waals surface area contributed by atoms with Gasteiger partial charge in [-0.25, -0.2) is 0 Å². The molecule has 0 saturated heterocycles. The van der Waals surface area contributed by atoms with Gasteiger partial charge in [0.05, 0.1) is 5.56 Å². The van der Waals surface area contributed by atoms with E-state index in [0.717, 1.165) is 17.7 Å². The first-order valence-corrected chi connectivity index (χ1v) is 6.04. The lowest BCUT2D eigenvalue weighted by Gasteiger charge is -2.09. The molecule has 0 aliphatic rings. The maximum atomic E-state index is 12.6. The molecule has 2 rings (SSSR count). The number of nitrogens with one attached hydrogen (secondary N) is 1. The van der Waals surface area contributed by atoms with Gasteiger partial charge in [0.15, 0.2) is 0 Å². The monoisotopic (exact) mass is 295 g/mol. The summed E-state index contributed by atoms with van der Waals surface area (Å²) in [6.45, 7) is 0.294. The number of hydrogen-bond donors (Lipinski definition) is 2. The van der Waals surface area contributed by atoms with Crippen LogP contribution < -0.4 is 11.1 Å². The molecule has 1 aromatic carbocycles. The summed E-state index contributed by atoms with van der Waals surface area (Å²) in [4.78, 5) is 15.8. The van der Waals surface area contributed by atoms with Crippen LogP contribution in [0.5, 0.6) is 0 Å². The number of nitrogens with zero attached hydrogens (tertiary/aromatic N) is 1. The van der Waals surface area contributed by atoms with Crippen LogP contribution in [0.2, 0.25) is 0 Å². The first kappa shape index (κ1) is 15.0. The molecule has 0 atom stereocenters. The highest BCUT2D eigenvalue weighted by Crippen LogP contribution is 2.30. The Bertz CT molecular complexity index is 639. The number of pyridine rings is 1. The van der Waals surface area contributed by atoms with Gasteiger partial charge < -0.3 is 11.1 Å². The number of alkyl halides is 3. The van der Waals surface area contributed by atoms with Crippen LogP contribution >= 0.6 is 0 Å². The Morgan fingerprint density at radius 3 is 2.57 bits per heavy atom. The summed E-state index contributed by atoms with van der Waals surface area (Å²) in [5.74, 6) is -0.585. The van der Waals surface area contributed by atoms with E-state index in [1.165, 1.54) is 24.4 Å². The van der Waals surface area contributed by atoms with Crippen LogP contribution in [0.15, 0.2) is 42.6 Å². The van der Waals surface area contributed by atoms with Gasteiger partial charge in [-0.2, -0.15) is 13.2 Å². The Hall–Kier alpha value is -2.41. The van der Waals surface area contributed by atoms with Gasteiger partial charge in [0.1, 0.15) is 5.69 Å². The van der Waals surface area contributed by atoms with Crippen molar-refractivity contribution in [1.82, 2.24) is 4.98 Å². The molecule has 21 heavy (non-hydrogen) atoms. The lowest BCUT2D eigenvalue weighted by Crippen LogP contribution is -2.15. The van der Waals surface area contributed by atoms with Gasteiger partial charge in [-0.1, -0.05) is 12.1 Å². The molecule has 1 heterocycles. The standard InChI is InChI=1S/C14H12F3N3O/c15-14(16,17)10-2-1-3-11(6-10)20-13(21)12-5-4-9(7-18)8-19-12/h1-6,8H,7,18H2,(H,20,21). The van der Waals surface area contributed by atoms with Crippen molar-refractivity contribution in [1.29, 1.82) is 0 Å². The molecule has 110 valence electrons. The number of nitrogens with two attached hydrogens (primary N) is 1. The average molecular weight is 295 g/mol. The molecule has 0 aliphatic heterocycles. The van der Waals surface area contributed by atoms with Crippen LogP contribution in [0.25, 0.3) is 0 Å². The molecule has 3 N–H and O–H groups in total. The van der Waals surface area contributed by atoms with Crippen molar-refractivity contribution >= 4 is 11.6 Å². The van der Waals surface area contributed by atoms with E-state index in [1.807, 2.05) is 0 Å². The minimum absolute atomic E-state index is 0.0551. The molecular formula is C14H12F3N3O. The van der Waals surface area contributed by atoms with Gasteiger partial charge in [-0.05, 0) is 29.8 Å². The van der Waals surface area contributed by atoms with E-state index in [-0.39, 0.29) is 11.4 Å². The van der Waals surface area contributed by atoms with E-state index in [9.17, 15) is 18.0 Å². The average Bonchev–Trinajstić information content (AvgIpc) is 2.47. The number of anilines is 1. The van der Waals surface area contributed by atoms with Crippen LogP contribution in [0.3, 0.4) is 0 Å². The third kappa shape index (κ3) is 3.79. The SMILES string of the molecule is NCc1ccc(C(=O)Nc2cccc(C(F)(F)F)c2)nc1. The van der Waals surface area contributed by atoms with Crippen molar-refractivity contribution in [2.75, 3.05) is 5.32 Å². The summed E-state index contributed by atoms with van der Waals surface area (Å²) in [7, 11) is 0. The predicted molar refractivity (Wildman–Crippen MR) is 71.5 cm³/mol. The molecular weight excluding hydrogens is 283 g/mol. The highest BCUT2D eigenvalue weighted by molar-refractivity contribution is 6.02. The summed E-state index contributed by atoms with van der Waals surface area (Å²) >= 11 is 0. The molecule has 0 radical (unpaired) electrons. The molecule has 0 unspecified atom stereocenters. The van der Waals surface area contributed by atoms with Gasteiger partial charge in [0, 0.05) is 18.4 Å². The zero-order valence-electron chi connectivity index (χ0n) is 10.8. The minimum Gasteiger partial charge on any atom is -0.326 e. The molecule has 4 nitrogen and oxygen atoms in total. The topological polar surface area (TPSA) is 68.0 Å². The molecule has 2 aromatic rings. The molecule has 0 fully saturated rings. The Kier molecular flexibility index (Phi) is 4.23. The molecule has 1 aromatic heterocycles. The summed E-state index contributed by atoms with van der Waals surface area (Å²) in [6.07, 6.45) is -3.01. The molecule has 0 saturated carbocycles. The molecule has 0 spiro atoms. The second-order valence-corrected chi connectivity index (χ2v) is 4.29. The summed E-state index contributed by atoms with van der Waals surface area (Å²) in [6, 6.07) is 7.50. The van der Waals surface area contributed by atoms with Crippen LogP contribution in [0.4, 0.5) is 18.9 Å². The smallest absolute Gasteiger partial charge is 0.326 e. The van der Waals surface area contributed by atoms with Crippen molar-refractivity contribution in [3.63, 3.8) is 0 Å². The van der Waals surface area contributed by atoms with Crippen LogP contribution in [-0.4, -0.2) is 10.9 Å². The maximum Gasteiger partial charge on any atom is 0.416 e. The number of halogens is 3. The quantitative estimate of drug-likeness (QED) is 0.915. The highest BCUT2D eigenvalue weighted by Gasteiger charge is 2.30. The summed E-state index contributed by atoms with van der Waals surface area (Å²) < 4.78 is 37.7. The number of amides is 1. The number of aromatic nitrogens is 1. The first-order valence-electron chi connectivity index (χ1n) is 6.04. The predicted octanol–water partition coefficient (Wildman–Crippen LogP) is 2.81. The third-order valence-electron chi connectivity index (χ3n) is 2.74. The van der Waals surface area contributed by atoms with E-state index >= 15 is 0 Å². The summed E-state index contributed by atoms with van der Waals surface area (Å²) in [5, 5.41) is 2.38.